The van der Waals surface area contributed by atoms with E-state index >= 15 is 0 Å². The van der Waals surface area contributed by atoms with Crippen molar-refractivity contribution < 1.29 is 14.2 Å². The maximum Gasteiger partial charge on any atom is 0.217 e. The van der Waals surface area contributed by atoms with Gasteiger partial charge in [-0.15, -0.1) is 0 Å². The predicted octanol–water partition coefficient (Wildman–Crippen LogP) is 1.58. The summed E-state index contributed by atoms with van der Waals surface area (Å²) < 4.78 is 18.4. The van der Waals surface area contributed by atoms with Crippen LogP contribution in [-0.4, -0.2) is 22.8 Å². The molecule has 72 valence electrons. The van der Waals surface area contributed by atoms with Crippen LogP contribution >= 0.6 is 22.6 Å². The van der Waals surface area contributed by atoms with E-state index in [9.17, 15) is 4.39 Å². The number of halogens is 2. The summed E-state index contributed by atoms with van der Waals surface area (Å²) in [5, 5.41) is 8.90. The fourth-order valence-electron chi connectivity index (χ4n) is 0.723. The second-order valence-electron chi connectivity index (χ2n) is 2.61. The predicted molar refractivity (Wildman–Crippen MR) is 54.1 cm³/mol. The van der Waals surface area contributed by atoms with E-state index in [0.29, 0.717) is 3.57 Å². The Kier molecular flexibility index (Phi) is 3.86. The van der Waals surface area contributed by atoms with Gasteiger partial charge in [0, 0.05) is 15.7 Å². The van der Waals surface area contributed by atoms with E-state index in [1.54, 1.807) is 13.0 Å². The highest BCUT2D eigenvalue weighted by atomic mass is 127. The Bertz CT molecular complexity index is 273. The lowest BCUT2D eigenvalue weighted by atomic mass is 10.4. The van der Waals surface area contributed by atoms with Crippen LogP contribution in [0, 0.1) is 9.52 Å². The van der Waals surface area contributed by atoms with Gasteiger partial charge in [-0.3, -0.25) is 0 Å². The van der Waals surface area contributed by atoms with Gasteiger partial charge in [0.2, 0.25) is 11.8 Å². The Morgan fingerprint density at radius 1 is 1.69 bits per heavy atom. The van der Waals surface area contributed by atoms with Crippen molar-refractivity contribution in [2.24, 2.45) is 0 Å². The molecule has 1 atom stereocenters. The molecule has 5 heteroatoms. The Labute approximate surface area is 89.1 Å². The molecule has 1 aromatic heterocycles. The van der Waals surface area contributed by atoms with Crippen LogP contribution in [0.2, 0.25) is 0 Å². The second-order valence-corrected chi connectivity index (χ2v) is 3.85. The Hall–Kier alpha value is -0.430. The third-order valence-corrected chi connectivity index (χ3v) is 1.83. The third-order valence-electron chi connectivity index (χ3n) is 1.21. The van der Waals surface area contributed by atoms with Crippen LogP contribution in [0.4, 0.5) is 4.39 Å². The lowest BCUT2D eigenvalue weighted by molar-refractivity contribution is 0.119. The molecule has 0 bridgehead atoms. The van der Waals surface area contributed by atoms with Gasteiger partial charge in [-0.25, -0.2) is 0 Å². The van der Waals surface area contributed by atoms with Crippen LogP contribution in [-0.2, 0) is 0 Å². The van der Waals surface area contributed by atoms with Gasteiger partial charge in [0.05, 0.1) is 6.10 Å². The molecule has 1 rings (SSSR count). The number of aromatic nitrogens is 1. The molecular formula is C8H9FINO2. The summed E-state index contributed by atoms with van der Waals surface area (Å²) in [6.45, 7) is 1.71. The molecule has 0 aromatic carbocycles. The van der Waals surface area contributed by atoms with Gasteiger partial charge in [0.25, 0.3) is 0 Å². The Morgan fingerprint density at radius 2 is 2.38 bits per heavy atom. The molecule has 0 aliphatic rings. The molecule has 0 saturated carbocycles. The first-order chi connectivity index (χ1) is 6.08. The summed E-state index contributed by atoms with van der Waals surface area (Å²) in [6.07, 6.45) is -0.581. The van der Waals surface area contributed by atoms with Gasteiger partial charge in [0.1, 0.15) is 6.61 Å². The minimum Gasteiger partial charge on any atom is -0.475 e. The molecule has 13 heavy (non-hydrogen) atoms. The fraction of sp³-hybridized carbons (Fsp3) is 0.375. The largest absolute Gasteiger partial charge is 0.475 e. The first-order valence-electron chi connectivity index (χ1n) is 3.72. The molecule has 0 unspecified atom stereocenters. The molecule has 0 spiro atoms. The van der Waals surface area contributed by atoms with Crippen molar-refractivity contribution in [3.05, 3.63) is 21.7 Å². The zero-order chi connectivity index (χ0) is 9.84. The minimum absolute atomic E-state index is 0.118. The number of hydrogen-bond donors (Lipinski definition) is 1. The van der Waals surface area contributed by atoms with Crippen molar-refractivity contribution >= 4 is 22.6 Å². The molecule has 0 radical (unpaired) electrons. The van der Waals surface area contributed by atoms with Crippen molar-refractivity contribution in [2.75, 3.05) is 6.61 Å². The van der Waals surface area contributed by atoms with Gasteiger partial charge in [-0.2, -0.15) is 9.37 Å². The average Bonchev–Trinajstić information content (AvgIpc) is 1.99. The number of aliphatic hydroxyl groups is 1. The first kappa shape index (κ1) is 10.6. The van der Waals surface area contributed by atoms with Gasteiger partial charge in [-0.05, 0) is 29.5 Å². The van der Waals surface area contributed by atoms with E-state index < -0.39 is 12.1 Å². The molecule has 0 aliphatic carbocycles. The summed E-state index contributed by atoms with van der Waals surface area (Å²) in [4.78, 5) is 3.50. The highest BCUT2D eigenvalue weighted by Gasteiger charge is 2.02. The van der Waals surface area contributed by atoms with Gasteiger partial charge in [-0.1, -0.05) is 0 Å². The fourth-order valence-corrected chi connectivity index (χ4v) is 1.25. The monoisotopic (exact) mass is 297 g/mol. The molecule has 1 heterocycles. The Morgan fingerprint density at radius 3 is 2.92 bits per heavy atom. The van der Waals surface area contributed by atoms with Crippen molar-refractivity contribution in [3.63, 3.8) is 0 Å². The number of hydrogen-bond acceptors (Lipinski definition) is 3. The molecule has 1 N–H and O–H groups in total. The van der Waals surface area contributed by atoms with Crippen molar-refractivity contribution in [3.8, 4) is 5.88 Å². The van der Waals surface area contributed by atoms with E-state index in [1.165, 1.54) is 6.07 Å². The van der Waals surface area contributed by atoms with Gasteiger partial charge < -0.3 is 9.84 Å². The highest BCUT2D eigenvalue weighted by molar-refractivity contribution is 14.1. The average molecular weight is 297 g/mol. The topological polar surface area (TPSA) is 42.4 Å². The van der Waals surface area contributed by atoms with Crippen molar-refractivity contribution in [1.82, 2.24) is 4.98 Å². The summed E-state index contributed by atoms with van der Waals surface area (Å²) in [5.74, 6) is -0.377. The molecular weight excluding hydrogens is 288 g/mol. The van der Waals surface area contributed by atoms with Crippen LogP contribution in [0.1, 0.15) is 6.92 Å². The zero-order valence-corrected chi connectivity index (χ0v) is 9.16. The normalized spacial score (nSPS) is 12.6. The number of rotatable bonds is 3. The molecule has 3 nitrogen and oxygen atoms in total. The summed E-state index contributed by atoms with van der Waals surface area (Å²) in [7, 11) is 0. The third kappa shape index (κ3) is 3.86. The zero-order valence-electron chi connectivity index (χ0n) is 7.00. The summed E-state index contributed by atoms with van der Waals surface area (Å²) in [6, 6.07) is 2.90. The van der Waals surface area contributed by atoms with E-state index in [4.69, 9.17) is 9.84 Å². The summed E-state index contributed by atoms with van der Waals surface area (Å²) >= 11 is 1.97. The summed E-state index contributed by atoms with van der Waals surface area (Å²) in [5.41, 5.74) is 0. The van der Waals surface area contributed by atoms with E-state index in [-0.39, 0.29) is 12.5 Å². The highest BCUT2D eigenvalue weighted by Crippen LogP contribution is 2.13. The molecule has 0 fully saturated rings. The number of nitrogens with zero attached hydrogens (tertiary/aromatic N) is 1. The molecule has 0 saturated heterocycles. The quantitative estimate of drug-likeness (QED) is 0.680. The minimum atomic E-state index is -0.581. The van der Waals surface area contributed by atoms with Crippen LogP contribution in [0.15, 0.2) is 12.1 Å². The van der Waals surface area contributed by atoms with Crippen LogP contribution < -0.4 is 4.74 Å². The van der Waals surface area contributed by atoms with Crippen LogP contribution in [0.25, 0.3) is 0 Å². The standard InChI is InChI=1S/C8H9FINO2/c1-5(12)4-13-8-3-6(10)2-7(9)11-8/h2-3,5,12H,4H2,1H3/t5-/m1/s1. The second kappa shape index (κ2) is 4.71. The van der Waals surface area contributed by atoms with Gasteiger partial charge in [0.15, 0.2) is 0 Å². The van der Waals surface area contributed by atoms with Crippen LogP contribution in [0.3, 0.4) is 0 Å². The number of ether oxygens (including phenoxy) is 1. The molecule has 0 aliphatic heterocycles. The maximum absolute atomic E-state index is 12.7. The van der Waals surface area contributed by atoms with Crippen molar-refractivity contribution in [1.29, 1.82) is 0 Å². The Balaban J connectivity index is 2.66. The smallest absolute Gasteiger partial charge is 0.217 e. The lowest BCUT2D eigenvalue weighted by Gasteiger charge is -2.06. The first-order valence-corrected chi connectivity index (χ1v) is 4.80. The molecule has 1 aromatic rings. The number of aliphatic hydroxyl groups excluding tert-OH is 1. The van der Waals surface area contributed by atoms with Crippen molar-refractivity contribution in [2.45, 2.75) is 13.0 Å². The molecule has 0 amide bonds. The maximum atomic E-state index is 12.7. The SMILES string of the molecule is C[C@@H](O)COc1cc(I)cc(F)n1. The lowest BCUT2D eigenvalue weighted by Crippen LogP contribution is -2.13. The van der Waals surface area contributed by atoms with E-state index in [0.717, 1.165) is 0 Å². The van der Waals surface area contributed by atoms with Crippen LogP contribution in [0.5, 0.6) is 5.88 Å². The van der Waals surface area contributed by atoms with E-state index in [1.807, 2.05) is 22.6 Å². The van der Waals surface area contributed by atoms with E-state index in [2.05, 4.69) is 4.98 Å². The number of pyridine rings is 1. The van der Waals surface area contributed by atoms with Gasteiger partial charge >= 0.3 is 0 Å².